The molecule has 4 heterocycles. The molecule has 2 aromatic rings. The lowest BCUT2D eigenvalue weighted by Crippen LogP contribution is -2.45. The highest BCUT2D eigenvalue weighted by atomic mass is 19.1. The van der Waals surface area contributed by atoms with Gasteiger partial charge in [0.2, 0.25) is 5.91 Å². The molecule has 1 saturated carbocycles. The van der Waals surface area contributed by atoms with Crippen molar-refractivity contribution in [2.75, 3.05) is 26.2 Å². The molecule has 1 aromatic carbocycles. The Balaban J connectivity index is 1.11. The number of hydrogen-bond donors (Lipinski definition) is 4. The van der Waals surface area contributed by atoms with Crippen molar-refractivity contribution >= 4 is 11.5 Å². The van der Waals surface area contributed by atoms with Crippen LogP contribution in [0.15, 0.2) is 30.5 Å². The number of carbonyl (C=O) groups is 1. The monoisotopic (exact) mass is 536 g/mol. The van der Waals surface area contributed by atoms with Crippen LogP contribution in [0.4, 0.5) is 4.39 Å². The maximum Gasteiger partial charge on any atom is 0.222 e. The molecule has 210 valence electrons. The second kappa shape index (κ2) is 11.0. The van der Waals surface area contributed by atoms with E-state index in [1.54, 1.807) is 12.1 Å². The van der Waals surface area contributed by atoms with Gasteiger partial charge in [0.25, 0.3) is 0 Å². The summed E-state index contributed by atoms with van der Waals surface area (Å²) >= 11 is 0. The number of benzene rings is 1. The lowest BCUT2D eigenvalue weighted by molar-refractivity contribution is -0.127. The van der Waals surface area contributed by atoms with Crippen LogP contribution in [0.25, 0.3) is 5.57 Å². The number of phenolic OH excluding ortho intramolecular Hbond substituents is 1. The van der Waals surface area contributed by atoms with Gasteiger partial charge in [-0.05, 0) is 67.9 Å². The van der Waals surface area contributed by atoms with Crippen molar-refractivity contribution in [2.45, 2.75) is 82.6 Å². The highest BCUT2D eigenvalue weighted by Gasteiger charge is 2.48. The topological polar surface area (TPSA) is 96.5 Å². The summed E-state index contributed by atoms with van der Waals surface area (Å²) < 4.78 is 15.9. The molecular weight excluding hydrogens is 495 g/mol. The number of imidazole rings is 1. The molecule has 1 amide bonds. The maximum atomic E-state index is 15.9. The fourth-order valence-electron chi connectivity index (χ4n) is 7.15. The molecule has 9 heteroatoms. The van der Waals surface area contributed by atoms with Crippen molar-refractivity contribution < 1.29 is 14.3 Å². The quantitative estimate of drug-likeness (QED) is 0.430. The summed E-state index contributed by atoms with van der Waals surface area (Å²) in [5, 5.41) is 9.90. The van der Waals surface area contributed by atoms with E-state index in [0.717, 1.165) is 80.9 Å². The van der Waals surface area contributed by atoms with Crippen molar-refractivity contribution in [1.82, 2.24) is 30.6 Å². The van der Waals surface area contributed by atoms with Crippen LogP contribution < -0.4 is 10.9 Å². The number of fused-ring (bicyclic) bond motifs is 1. The van der Waals surface area contributed by atoms with Gasteiger partial charge in [-0.25, -0.2) is 14.8 Å². The Morgan fingerprint density at radius 3 is 2.87 bits per heavy atom. The molecule has 3 fully saturated rings. The molecule has 0 spiro atoms. The SMILES string of the molecule is CCc1cc(O)ccc1C1CCC2C(c3ncc(C4=CC[C@H](C)N(CCN5CCCC5=O)C4)[nH]3)NNC2C1F. The van der Waals surface area contributed by atoms with E-state index < -0.39 is 6.17 Å². The number of halogens is 1. The van der Waals surface area contributed by atoms with Gasteiger partial charge in [0.1, 0.15) is 17.7 Å². The third kappa shape index (κ3) is 5.12. The molecular formula is C30H41FN6O2. The summed E-state index contributed by atoms with van der Waals surface area (Å²) in [6, 6.07) is 5.42. The van der Waals surface area contributed by atoms with E-state index in [0.29, 0.717) is 12.5 Å². The van der Waals surface area contributed by atoms with Crippen LogP contribution in [0.5, 0.6) is 5.75 Å². The van der Waals surface area contributed by atoms with E-state index in [-0.39, 0.29) is 35.6 Å². The molecule has 6 atom stereocenters. The number of hydrazine groups is 1. The summed E-state index contributed by atoms with van der Waals surface area (Å²) in [5.41, 5.74) is 10.9. The smallest absolute Gasteiger partial charge is 0.222 e. The predicted molar refractivity (Wildman–Crippen MR) is 149 cm³/mol. The molecule has 2 saturated heterocycles. The van der Waals surface area contributed by atoms with Crippen molar-refractivity contribution in [3.05, 3.63) is 53.1 Å². The van der Waals surface area contributed by atoms with Gasteiger partial charge >= 0.3 is 0 Å². The van der Waals surface area contributed by atoms with E-state index in [1.165, 1.54) is 5.57 Å². The summed E-state index contributed by atoms with van der Waals surface area (Å²) in [5.74, 6) is 1.29. The molecule has 4 aliphatic rings. The Morgan fingerprint density at radius 2 is 2.08 bits per heavy atom. The van der Waals surface area contributed by atoms with Gasteiger partial charge in [0.15, 0.2) is 0 Å². The second-order valence-electron chi connectivity index (χ2n) is 11.8. The van der Waals surface area contributed by atoms with Crippen LogP contribution in [0, 0.1) is 5.92 Å². The summed E-state index contributed by atoms with van der Waals surface area (Å²) in [6.07, 6.45) is 8.25. The Bertz CT molecular complexity index is 1230. The molecule has 4 N–H and O–H groups in total. The maximum absolute atomic E-state index is 15.9. The van der Waals surface area contributed by atoms with Gasteiger partial charge in [-0.1, -0.05) is 19.1 Å². The largest absolute Gasteiger partial charge is 0.508 e. The third-order valence-corrected chi connectivity index (χ3v) is 9.51. The van der Waals surface area contributed by atoms with Crippen LogP contribution in [0.3, 0.4) is 0 Å². The Hall–Kier alpha value is -2.75. The molecule has 8 nitrogen and oxygen atoms in total. The van der Waals surface area contributed by atoms with Gasteiger partial charge < -0.3 is 15.0 Å². The Labute approximate surface area is 230 Å². The van der Waals surface area contributed by atoms with E-state index in [4.69, 9.17) is 4.98 Å². The van der Waals surface area contributed by atoms with E-state index in [9.17, 15) is 9.90 Å². The number of aromatic hydroxyl groups is 1. The molecule has 5 unspecified atom stereocenters. The number of phenols is 1. The number of aryl methyl sites for hydroxylation is 1. The molecule has 6 rings (SSSR count). The predicted octanol–water partition coefficient (Wildman–Crippen LogP) is 3.83. The van der Waals surface area contributed by atoms with Crippen LogP contribution in [0.2, 0.25) is 0 Å². The number of hydrogen-bond acceptors (Lipinski definition) is 6. The van der Waals surface area contributed by atoms with Crippen LogP contribution in [0.1, 0.15) is 80.6 Å². The third-order valence-electron chi connectivity index (χ3n) is 9.51. The number of alkyl halides is 1. The fraction of sp³-hybridized carbons (Fsp3) is 0.600. The van der Waals surface area contributed by atoms with Gasteiger partial charge in [-0.15, -0.1) is 0 Å². The summed E-state index contributed by atoms with van der Waals surface area (Å²) in [6.45, 7) is 7.68. The first-order valence-electron chi connectivity index (χ1n) is 14.7. The summed E-state index contributed by atoms with van der Waals surface area (Å²) in [4.78, 5) is 24.8. The number of nitrogens with one attached hydrogen (secondary N) is 3. The van der Waals surface area contributed by atoms with Crippen LogP contribution in [-0.2, 0) is 11.2 Å². The molecule has 1 aliphatic carbocycles. The van der Waals surface area contributed by atoms with Gasteiger partial charge in [-0.3, -0.25) is 15.1 Å². The normalized spacial score (nSPS) is 31.5. The summed E-state index contributed by atoms with van der Waals surface area (Å²) in [7, 11) is 0. The number of nitrogens with zero attached hydrogens (tertiary/aromatic N) is 3. The first kappa shape index (κ1) is 26.5. The highest BCUT2D eigenvalue weighted by Crippen LogP contribution is 2.45. The van der Waals surface area contributed by atoms with Crippen molar-refractivity contribution in [3.8, 4) is 5.75 Å². The highest BCUT2D eigenvalue weighted by molar-refractivity contribution is 5.78. The molecule has 39 heavy (non-hydrogen) atoms. The first-order valence-corrected chi connectivity index (χ1v) is 14.7. The minimum atomic E-state index is -1.02. The number of carbonyl (C=O) groups excluding carboxylic acids is 1. The number of aromatic nitrogens is 2. The van der Waals surface area contributed by atoms with Crippen molar-refractivity contribution in [3.63, 3.8) is 0 Å². The zero-order valence-electron chi connectivity index (χ0n) is 23.0. The van der Waals surface area contributed by atoms with E-state index >= 15 is 4.39 Å². The van der Waals surface area contributed by atoms with Gasteiger partial charge in [0.05, 0.1) is 24.0 Å². The second-order valence-corrected chi connectivity index (χ2v) is 11.8. The lowest BCUT2D eigenvalue weighted by Gasteiger charge is -2.36. The molecule has 1 aromatic heterocycles. The van der Waals surface area contributed by atoms with Gasteiger partial charge in [-0.2, -0.15) is 0 Å². The van der Waals surface area contributed by atoms with Crippen LogP contribution >= 0.6 is 0 Å². The number of amides is 1. The molecule has 0 radical (unpaired) electrons. The average molecular weight is 537 g/mol. The minimum Gasteiger partial charge on any atom is -0.508 e. The van der Waals surface area contributed by atoms with Crippen molar-refractivity contribution in [1.29, 1.82) is 0 Å². The number of likely N-dealkylation sites (tertiary alicyclic amines) is 1. The number of aromatic amines is 1. The fourth-order valence-corrected chi connectivity index (χ4v) is 7.15. The average Bonchev–Trinajstić information content (AvgIpc) is 3.69. The minimum absolute atomic E-state index is 0.0752. The lowest BCUT2D eigenvalue weighted by atomic mass is 9.71. The van der Waals surface area contributed by atoms with Crippen LogP contribution in [-0.4, -0.2) is 75.2 Å². The van der Waals surface area contributed by atoms with E-state index in [1.807, 2.05) is 24.1 Å². The number of rotatable bonds is 7. The van der Waals surface area contributed by atoms with Crippen molar-refractivity contribution in [2.24, 2.45) is 5.92 Å². The Morgan fingerprint density at radius 1 is 1.21 bits per heavy atom. The molecule has 0 bridgehead atoms. The standard InChI is InChI=1S/C30H41FN6O2/c1-3-19-15-21(38)8-9-22(19)23-10-11-24-28(27(23)31)34-35-29(24)30-32-16-25(33-30)20-7-6-18(2)37(17-20)14-13-36-12-4-5-26(36)39/h7-9,15-16,18,23-24,27-29,34-35,38H,3-6,10-14,17H2,1-2H3,(H,32,33)/t18-,23?,24?,27?,28?,29?/m0/s1. The first-order chi connectivity index (χ1) is 18.9. The Kier molecular flexibility index (Phi) is 7.48. The molecule has 3 aliphatic heterocycles. The zero-order chi connectivity index (χ0) is 27.1. The zero-order valence-corrected chi connectivity index (χ0v) is 23.0. The van der Waals surface area contributed by atoms with E-state index in [2.05, 4.69) is 33.7 Å². The number of H-pyrrole nitrogens is 1. The van der Waals surface area contributed by atoms with Gasteiger partial charge in [0, 0.05) is 50.5 Å².